The first-order valence-electron chi connectivity index (χ1n) is 7.26. The summed E-state index contributed by atoms with van der Waals surface area (Å²) in [4.78, 5) is 18.6. The summed E-state index contributed by atoms with van der Waals surface area (Å²) in [6, 6.07) is 3.42. The van der Waals surface area contributed by atoms with Crippen LogP contribution in [0.1, 0.15) is 23.2 Å². The summed E-state index contributed by atoms with van der Waals surface area (Å²) in [6.45, 7) is 1.29. The second-order valence-corrected chi connectivity index (χ2v) is 5.58. The lowest BCUT2D eigenvalue weighted by molar-refractivity contribution is -0.0449. The van der Waals surface area contributed by atoms with E-state index in [1.54, 1.807) is 18.3 Å². The Morgan fingerprint density at radius 2 is 2.43 bits per heavy atom. The van der Waals surface area contributed by atoms with Crippen LogP contribution in [-0.2, 0) is 4.74 Å². The molecule has 3 atom stereocenters. The van der Waals surface area contributed by atoms with Gasteiger partial charge in [0.15, 0.2) is 0 Å². The summed E-state index contributed by atoms with van der Waals surface area (Å²) in [6.07, 6.45) is 3.25. The maximum atomic E-state index is 12.7. The second kappa shape index (κ2) is 5.99. The molecule has 1 saturated carbocycles. The molecule has 114 valence electrons. The van der Waals surface area contributed by atoms with Crippen LogP contribution >= 0.6 is 0 Å². The van der Waals surface area contributed by atoms with Crippen LogP contribution in [0.25, 0.3) is 0 Å². The number of fused-ring (bicyclic) bond motifs is 1. The lowest BCUT2D eigenvalue weighted by atomic mass is 10.1. The van der Waals surface area contributed by atoms with Crippen molar-refractivity contribution >= 4 is 5.91 Å². The molecule has 0 radical (unpaired) electrons. The highest BCUT2D eigenvalue weighted by Gasteiger charge is 2.42. The number of aliphatic hydroxyl groups excluding tert-OH is 1. The van der Waals surface area contributed by atoms with Crippen molar-refractivity contribution in [2.45, 2.75) is 25.0 Å². The second-order valence-electron chi connectivity index (χ2n) is 5.58. The normalized spacial score (nSPS) is 28.3. The SMILES string of the molecule is COc1cc(C(=O)N2CCO[C@H]3C[C@H](CO)C[C@@H]32)ccn1. The molecule has 2 heterocycles. The van der Waals surface area contributed by atoms with Gasteiger partial charge in [-0.1, -0.05) is 0 Å². The maximum Gasteiger partial charge on any atom is 0.254 e. The molecule has 1 aliphatic carbocycles. The average molecular weight is 292 g/mol. The van der Waals surface area contributed by atoms with Gasteiger partial charge in [-0.3, -0.25) is 4.79 Å². The Balaban J connectivity index is 1.80. The number of methoxy groups -OCH3 is 1. The first-order valence-corrected chi connectivity index (χ1v) is 7.26. The highest BCUT2D eigenvalue weighted by atomic mass is 16.5. The van der Waals surface area contributed by atoms with Crippen molar-refractivity contribution in [3.8, 4) is 5.88 Å². The highest BCUT2D eigenvalue weighted by Crippen LogP contribution is 2.34. The number of morpholine rings is 1. The Hall–Kier alpha value is -1.66. The molecule has 1 N–H and O–H groups in total. The van der Waals surface area contributed by atoms with E-state index in [9.17, 15) is 9.90 Å². The van der Waals surface area contributed by atoms with E-state index in [1.165, 1.54) is 7.11 Å². The van der Waals surface area contributed by atoms with E-state index < -0.39 is 0 Å². The van der Waals surface area contributed by atoms with Crippen LogP contribution in [0.2, 0.25) is 0 Å². The molecular formula is C15H20N2O4. The summed E-state index contributed by atoms with van der Waals surface area (Å²) in [5.74, 6) is 0.637. The molecule has 2 aliphatic rings. The number of carbonyl (C=O) groups is 1. The predicted molar refractivity (Wildman–Crippen MR) is 75.2 cm³/mol. The van der Waals surface area contributed by atoms with Gasteiger partial charge in [-0.2, -0.15) is 0 Å². The third kappa shape index (κ3) is 2.73. The van der Waals surface area contributed by atoms with Gasteiger partial charge in [0.05, 0.1) is 25.9 Å². The smallest absolute Gasteiger partial charge is 0.254 e. The van der Waals surface area contributed by atoms with Gasteiger partial charge in [0, 0.05) is 31.0 Å². The van der Waals surface area contributed by atoms with E-state index in [4.69, 9.17) is 9.47 Å². The summed E-state index contributed by atoms with van der Waals surface area (Å²) < 4.78 is 10.8. The van der Waals surface area contributed by atoms with Crippen LogP contribution in [0.15, 0.2) is 18.3 Å². The standard InChI is InChI=1S/C15H20N2O4/c1-20-14-8-11(2-3-16-14)15(19)17-4-5-21-13-7-10(9-18)6-12(13)17/h2-3,8,10,12-13,18H,4-7,9H2,1H3/t10-,12+,13+/m1/s1. The van der Waals surface area contributed by atoms with Crippen LogP contribution in [0, 0.1) is 5.92 Å². The molecule has 1 saturated heterocycles. The number of hydrogen-bond donors (Lipinski definition) is 1. The van der Waals surface area contributed by atoms with E-state index in [0.29, 0.717) is 24.6 Å². The average Bonchev–Trinajstić information content (AvgIpc) is 2.97. The molecule has 1 aromatic heterocycles. The Kier molecular flexibility index (Phi) is 4.07. The monoisotopic (exact) mass is 292 g/mol. The van der Waals surface area contributed by atoms with Gasteiger partial charge in [-0.05, 0) is 24.8 Å². The molecule has 1 aliphatic heterocycles. The topological polar surface area (TPSA) is 71.9 Å². The molecule has 1 aromatic rings. The van der Waals surface area contributed by atoms with E-state index in [1.807, 2.05) is 4.90 Å². The Labute approximate surface area is 123 Å². The minimum Gasteiger partial charge on any atom is -0.481 e. The highest BCUT2D eigenvalue weighted by molar-refractivity contribution is 5.94. The number of rotatable bonds is 3. The van der Waals surface area contributed by atoms with Gasteiger partial charge in [0.2, 0.25) is 5.88 Å². The van der Waals surface area contributed by atoms with Crippen molar-refractivity contribution in [1.82, 2.24) is 9.88 Å². The molecule has 0 aromatic carbocycles. The number of nitrogens with zero attached hydrogens (tertiary/aromatic N) is 2. The van der Waals surface area contributed by atoms with Gasteiger partial charge in [0.25, 0.3) is 5.91 Å². The summed E-state index contributed by atoms with van der Waals surface area (Å²) in [5, 5.41) is 9.34. The van der Waals surface area contributed by atoms with Crippen LogP contribution < -0.4 is 4.74 Å². The van der Waals surface area contributed by atoms with Gasteiger partial charge in [-0.15, -0.1) is 0 Å². The molecule has 3 rings (SSSR count). The number of ether oxygens (including phenoxy) is 2. The number of amides is 1. The largest absolute Gasteiger partial charge is 0.481 e. The molecule has 0 spiro atoms. The fraction of sp³-hybridized carbons (Fsp3) is 0.600. The van der Waals surface area contributed by atoms with E-state index >= 15 is 0 Å². The van der Waals surface area contributed by atoms with Crippen LogP contribution in [0.5, 0.6) is 5.88 Å². The van der Waals surface area contributed by atoms with Gasteiger partial charge >= 0.3 is 0 Å². The minimum absolute atomic E-state index is 0.0208. The lowest BCUT2D eigenvalue weighted by Crippen LogP contribution is -2.51. The molecule has 0 unspecified atom stereocenters. The summed E-state index contributed by atoms with van der Waals surface area (Å²) in [7, 11) is 1.53. The zero-order valence-electron chi connectivity index (χ0n) is 12.1. The predicted octanol–water partition coefficient (Wildman–Crippen LogP) is 0.702. The van der Waals surface area contributed by atoms with Crippen molar-refractivity contribution in [3.05, 3.63) is 23.9 Å². The van der Waals surface area contributed by atoms with Crippen LogP contribution in [-0.4, -0.2) is 59.9 Å². The van der Waals surface area contributed by atoms with E-state index in [-0.39, 0.29) is 30.6 Å². The molecule has 6 heteroatoms. The van der Waals surface area contributed by atoms with Gasteiger partial charge < -0.3 is 19.5 Å². The van der Waals surface area contributed by atoms with Crippen molar-refractivity contribution in [2.24, 2.45) is 5.92 Å². The van der Waals surface area contributed by atoms with Gasteiger partial charge in [0.1, 0.15) is 0 Å². The number of pyridine rings is 1. The van der Waals surface area contributed by atoms with Gasteiger partial charge in [-0.25, -0.2) is 4.98 Å². The third-order valence-corrected chi connectivity index (χ3v) is 4.34. The van der Waals surface area contributed by atoms with Crippen molar-refractivity contribution < 1.29 is 19.4 Å². The lowest BCUT2D eigenvalue weighted by Gasteiger charge is -2.37. The molecule has 21 heavy (non-hydrogen) atoms. The molecule has 6 nitrogen and oxygen atoms in total. The number of aliphatic hydroxyl groups is 1. The molecule has 0 bridgehead atoms. The first kappa shape index (κ1) is 14.3. The Morgan fingerprint density at radius 1 is 1.57 bits per heavy atom. The Morgan fingerprint density at radius 3 is 3.19 bits per heavy atom. The third-order valence-electron chi connectivity index (χ3n) is 4.34. The number of carbonyl (C=O) groups excluding carboxylic acids is 1. The zero-order valence-corrected chi connectivity index (χ0v) is 12.1. The summed E-state index contributed by atoms with van der Waals surface area (Å²) >= 11 is 0. The van der Waals surface area contributed by atoms with Crippen LogP contribution in [0.3, 0.4) is 0 Å². The van der Waals surface area contributed by atoms with Crippen LogP contribution in [0.4, 0.5) is 0 Å². The summed E-state index contributed by atoms with van der Waals surface area (Å²) in [5.41, 5.74) is 0.579. The number of hydrogen-bond acceptors (Lipinski definition) is 5. The minimum atomic E-state index is -0.0208. The quantitative estimate of drug-likeness (QED) is 0.888. The Bertz CT molecular complexity index is 522. The van der Waals surface area contributed by atoms with E-state index in [2.05, 4.69) is 4.98 Å². The zero-order chi connectivity index (χ0) is 14.8. The van der Waals surface area contributed by atoms with E-state index in [0.717, 1.165) is 12.8 Å². The van der Waals surface area contributed by atoms with Crippen molar-refractivity contribution in [3.63, 3.8) is 0 Å². The molecule has 1 amide bonds. The maximum absolute atomic E-state index is 12.7. The molecule has 2 fully saturated rings. The first-order chi connectivity index (χ1) is 10.2. The van der Waals surface area contributed by atoms with Crippen molar-refractivity contribution in [1.29, 1.82) is 0 Å². The number of aromatic nitrogens is 1. The fourth-order valence-corrected chi connectivity index (χ4v) is 3.27. The molecular weight excluding hydrogens is 272 g/mol. The fourth-order valence-electron chi connectivity index (χ4n) is 3.27. The van der Waals surface area contributed by atoms with Crippen molar-refractivity contribution in [2.75, 3.05) is 26.9 Å².